The molecule has 1 aliphatic rings. The third kappa shape index (κ3) is 1.61. The van der Waals surface area contributed by atoms with Crippen molar-refractivity contribution in [1.82, 2.24) is 14.7 Å². The summed E-state index contributed by atoms with van der Waals surface area (Å²) in [5, 5.41) is 5.20. The summed E-state index contributed by atoms with van der Waals surface area (Å²) >= 11 is 6.16. The molecule has 1 aromatic heterocycles. The van der Waals surface area contributed by atoms with Crippen molar-refractivity contribution >= 4 is 17.4 Å². The first-order valence-electron chi connectivity index (χ1n) is 5.46. The van der Waals surface area contributed by atoms with Crippen molar-refractivity contribution in [2.45, 2.75) is 13.1 Å². The number of para-hydroxylation sites is 1. The zero-order valence-electron chi connectivity index (χ0n) is 9.52. The second-order valence-corrected chi connectivity index (χ2v) is 4.75. The Morgan fingerprint density at radius 3 is 2.76 bits per heavy atom. The lowest BCUT2D eigenvalue weighted by molar-refractivity contribution is 0.348. The van der Waals surface area contributed by atoms with Gasteiger partial charge in [-0.3, -0.25) is 4.90 Å². The number of nitrogens with two attached hydrogens (primary N) is 1. The summed E-state index contributed by atoms with van der Waals surface area (Å²) in [5.41, 5.74) is 9.13. The van der Waals surface area contributed by atoms with Crippen LogP contribution in [0.3, 0.4) is 0 Å². The van der Waals surface area contributed by atoms with Crippen LogP contribution in [0.25, 0.3) is 5.69 Å². The number of halogens is 1. The monoisotopic (exact) mass is 248 g/mol. The first-order valence-corrected chi connectivity index (χ1v) is 5.84. The van der Waals surface area contributed by atoms with Gasteiger partial charge in [0, 0.05) is 18.7 Å². The summed E-state index contributed by atoms with van der Waals surface area (Å²) in [7, 11) is 2.06. The van der Waals surface area contributed by atoms with E-state index in [1.165, 1.54) is 0 Å². The fourth-order valence-electron chi connectivity index (χ4n) is 2.20. The van der Waals surface area contributed by atoms with Crippen molar-refractivity contribution in [3.63, 3.8) is 0 Å². The third-order valence-corrected chi connectivity index (χ3v) is 3.35. The van der Waals surface area contributed by atoms with Crippen molar-refractivity contribution in [2.24, 2.45) is 0 Å². The van der Waals surface area contributed by atoms with Crippen LogP contribution in [0.1, 0.15) is 11.3 Å². The van der Waals surface area contributed by atoms with Gasteiger partial charge >= 0.3 is 0 Å². The van der Waals surface area contributed by atoms with Crippen molar-refractivity contribution in [2.75, 3.05) is 12.8 Å². The summed E-state index contributed by atoms with van der Waals surface area (Å²) in [5.74, 6) is 0.692. The van der Waals surface area contributed by atoms with Crippen LogP contribution >= 0.6 is 11.6 Å². The Labute approximate surface area is 105 Å². The van der Waals surface area contributed by atoms with Gasteiger partial charge in [0.05, 0.1) is 16.4 Å². The Bertz CT molecular complexity index is 576. The topological polar surface area (TPSA) is 47.1 Å². The van der Waals surface area contributed by atoms with E-state index < -0.39 is 0 Å². The Balaban J connectivity index is 2.13. The van der Waals surface area contributed by atoms with Crippen LogP contribution in [-0.2, 0) is 13.1 Å². The van der Waals surface area contributed by atoms with Crippen molar-refractivity contribution in [3.8, 4) is 5.69 Å². The van der Waals surface area contributed by atoms with E-state index in [2.05, 4.69) is 17.0 Å². The molecule has 0 radical (unpaired) electrons. The number of nitrogen functional groups attached to an aromatic ring is 1. The zero-order valence-corrected chi connectivity index (χ0v) is 10.3. The first-order chi connectivity index (χ1) is 8.16. The van der Waals surface area contributed by atoms with Gasteiger partial charge in [-0.15, -0.1) is 0 Å². The highest BCUT2D eigenvalue weighted by Crippen LogP contribution is 2.30. The molecule has 2 heterocycles. The SMILES string of the molecule is CN1Cc2nn(-c3ccccc3Cl)c(N)c2C1. The van der Waals surface area contributed by atoms with Gasteiger partial charge in [0.2, 0.25) is 0 Å². The molecule has 0 atom stereocenters. The first kappa shape index (κ1) is 10.6. The standard InChI is InChI=1S/C12H13ClN4/c1-16-6-8-10(7-16)15-17(12(8)14)11-5-3-2-4-9(11)13/h2-5H,6-7,14H2,1H3. The summed E-state index contributed by atoms with van der Waals surface area (Å²) in [6.45, 7) is 1.70. The van der Waals surface area contributed by atoms with Crippen LogP contribution in [0.15, 0.2) is 24.3 Å². The van der Waals surface area contributed by atoms with Crippen molar-refractivity contribution in [1.29, 1.82) is 0 Å². The molecule has 2 N–H and O–H groups in total. The summed E-state index contributed by atoms with van der Waals surface area (Å²) < 4.78 is 1.74. The van der Waals surface area contributed by atoms with Gasteiger partial charge < -0.3 is 5.73 Å². The van der Waals surface area contributed by atoms with Crippen LogP contribution in [-0.4, -0.2) is 21.7 Å². The maximum absolute atomic E-state index is 6.16. The van der Waals surface area contributed by atoms with E-state index >= 15 is 0 Å². The fourth-order valence-corrected chi connectivity index (χ4v) is 2.41. The molecule has 88 valence electrons. The molecule has 0 unspecified atom stereocenters. The molecular weight excluding hydrogens is 236 g/mol. The quantitative estimate of drug-likeness (QED) is 0.840. The van der Waals surface area contributed by atoms with E-state index in [1.54, 1.807) is 4.68 Å². The second-order valence-electron chi connectivity index (χ2n) is 4.35. The molecule has 0 saturated heterocycles. The molecule has 0 amide bonds. The van der Waals surface area contributed by atoms with Gasteiger partial charge in [-0.1, -0.05) is 23.7 Å². The number of hydrogen-bond acceptors (Lipinski definition) is 3. The summed E-state index contributed by atoms with van der Waals surface area (Å²) in [6, 6.07) is 7.59. The maximum atomic E-state index is 6.16. The van der Waals surface area contributed by atoms with Crippen LogP contribution in [0.5, 0.6) is 0 Å². The van der Waals surface area contributed by atoms with Gasteiger partial charge in [-0.05, 0) is 19.2 Å². The summed E-state index contributed by atoms with van der Waals surface area (Å²) in [6.07, 6.45) is 0. The molecule has 2 aromatic rings. The van der Waals surface area contributed by atoms with E-state index in [0.29, 0.717) is 10.8 Å². The fraction of sp³-hybridized carbons (Fsp3) is 0.250. The van der Waals surface area contributed by atoms with Crippen molar-refractivity contribution < 1.29 is 0 Å². The lowest BCUT2D eigenvalue weighted by Crippen LogP contribution is -2.12. The molecule has 1 aliphatic heterocycles. The van der Waals surface area contributed by atoms with Gasteiger partial charge in [0.1, 0.15) is 5.82 Å². The molecule has 3 rings (SSSR count). The molecular formula is C12H13ClN4. The molecule has 0 aliphatic carbocycles. The lowest BCUT2D eigenvalue weighted by Gasteiger charge is -2.10. The Hall–Kier alpha value is -1.52. The van der Waals surface area contributed by atoms with Gasteiger partial charge in [-0.2, -0.15) is 5.10 Å². The Morgan fingerprint density at radius 1 is 1.29 bits per heavy atom. The van der Waals surface area contributed by atoms with E-state index in [-0.39, 0.29) is 0 Å². The molecule has 0 spiro atoms. The Morgan fingerprint density at radius 2 is 2.06 bits per heavy atom. The molecule has 1 aromatic carbocycles. The lowest BCUT2D eigenvalue weighted by atomic mass is 10.3. The molecule has 0 saturated carbocycles. The normalized spacial score (nSPS) is 15.2. The van der Waals surface area contributed by atoms with E-state index in [0.717, 1.165) is 30.0 Å². The van der Waals surface area contributed by atoms with Gasteiger partial charge in [0.25, 0.3) is 0 Å². The minimum atomic E-state index is 0.661. The average molecular weight is 249 g/mol. The summed E-state index contributed by atoms with van der Waals surface area (Å²) in [4.78, 5) is 2.19. The highest BCUT2D eigenvalue weighted by molar-refractivity contribution is 6.32. The minimum Gasteiger partial charge on any atom is -0.383 e. The smallest absolute Gasteiger partial charge is 0.132 e. The predicted octanol–water partition coefficient (Wildman–Crippen LogP) is 2.05. The van der Waals surface area contributed by atoms with Gasteiger partial charge in [-0.25, -0.2) is 4.68 Å². The largest absolute Gasteiger partial charge is 0.383 e. The van der Waals surface area contributed by atoms with Crippen LogP contribution in [0.4, 0.5) is 5.82 Å². The maximum Gasteiger partial charge on any atom is 0.132 e. The second kappa shape index (κ2) is 3.75. The number of nitrogens with zero attached hydrogens (tertiary/aromatic N) is 3. The Kier molecular flexibility index (Phi) is 2.34. The minimum absolute atomic E-state index is 0.661. The van der Waals surface area contributed by atoms with E-state index in [4.69, 9.17) is 17.3 Å². The number of hydrogen-bond donors (Lipinski definition) is 1. The van der Waals surface area contributed by atoms with Crippen LogP contribution in [0.2, 0.25) is 5.02 Å². The number of benzene rings is 1. The number of anilines is 1. The molecule has 5 heteroatoms. The highest BCUT2D eigenvalue weighted by atomic mass is 35.5. The average Bonchev–Trinajstić information content (AvgIpc) is 2.79. The van der Waals surface area contributed by atoms with E-state index in [1.807, 2.05) is 24.3 Å². The molecule has 0 fully saturated rings. The number of fused-ring (bicyclic) bond motifs is 1. The zero-order chi connectivity index (χ0) is 12.0. The van der Waals surface area contributed by atoms with Crippen LogP contribution < -0.4 is 5.73 Å². The van der Waals surface area contributed by atoms with Gasteiger partial charge in [0.15, 0.2) is 0 Å². The molecule has 0 bridgehead atoms. The molecule has 17 heavy (non-hydrogen) atoms. The highest BCUT2D eigenvalue weighted by Gasteiger charge is 2.24. The third-order valence-electron chi connectivity index (χ3n) is 3.03. The van der Waals surface area contributed by atoms with E-state index in [9.17, 15) is 0 Å². The molecule has 4 nitrogen and oxygen atoms in total. The van der Waals surface area contributed by atoms with Crippen molar-refractivity contribution in [3.05, 3.63) is 40.5 Å². The number of aromatic nitrogens is 2. The van der Waals surface area contributed by atoms with Crippen LogP contribution in [0, 0.1) is 0 Å². The predicted molar refractivity (Wildman–Crippen MR) is 68.2 cm³/mol. The number of rotatable bonds is 1.